The van der Waals surface area contributed by atoms with E-state index in [0.717, 1.165) is 50.3 Å². The average Bonchev–Trinajstić information content (AvgIpc) is 3.01. The number of carbonyl (C=O) groups is 1. The second-order valence-electron chi connectivity index (χ2n) is 7.19. The summed E-state index contributed by atoms with van der Waals surface area (Å²) in [5, 5.41) is 13.2. The summed E-state index contributed by atoms with van der Waals surface area (Å²) in [6.45, 7) is 8.39. The fraction of sp³-hybridized carbons (Fsp3) is 0.632. The Balaban J connectivity index is 1.40. The summed E-state index contributed by atoms with van der Waals surface area (Å²) in [4.78, 5) is 16.0. The zero-order valence-corrected chi connectivity index (χ0v) is 15.2. The van der Waals surface area contributed by atoms with Crippen LogP contribution in [0.1, 0.15) is 24.0 Å². The van der Waals surface area contributed by atoms with E-state index >= 15 is 0 Å². The van der Waals surface area contributed by atoms with Crippen LogP contribution in [-0.2, 0) is 0 Å². The number of aryl methyl sites for hydroxylation is 2. The monoisotopic (exact) mass is 347 g/mol. The van der Waals surface area contributed by atoms with E-state index in [2.05, 4.69) is 23.2 Å². The van der Waals surface area contributed by atoms with Crippen molar-refractivity contribution in [2.24, 2.45) is 0 Å². The summed E-state index contributed by atoms with van der Waals surface area (Å²) in [6.07, 6.45) is 1.43. The summed E-state index contributed by atoms with van der Waals surface area (Å²) in [6, 6.07) is 6.47. The molecule has 2 N–H and O–H groups in total. The van der Waals surface area contributed by atoms with E-state index in [4.69, 9.17) is 4.74 Å². The molecule has 1 unspecified atom stereocenters. The van der Waals surface area contributed by atoms with Gasteiger partial charge in [-0.3, -0.25) is 0 Å². The molecule has 0 spiro atoms. The standard InChI is InChI=1S/C19H29N3O3/c1-14-3-4-18(15(2)11-14)25-13-17(23)12-21-8-5-16(6-9-21)22-10-7-20-19(22)24/h3-4,11,16-17,23H,5-10,12-13H2,1-2H3,(H,20,24). The maximum Gasteiger partial charge on any atom is 0.317 e. The molecule has 2 aliphatic heterocycles. The fourth-order valence-electron chi connectivity index (χ4n) is 3.75. The maximum absolute atomic E-state index is 11.7. The van der Waals surface area contributed by atoms with E-state index in [9.17, 15) is 9.90 Å². The van der Waals surface area contributed by atoms with Crippen molar-refractivity contribution in [2.45, 2.75) is 38.8 Å². The van der Waals surface area contributed by atoms with Gasteiger partial charge < -0.3 is 25.0 Å². The van der Waals surface area contributed by atoms with Crippen molar-refractivity contribution >= 4 is 6.03 Å². The molecule has 0 bridgehead atoms. The van der Waals surface area contributed by atoms with Crippen LogP contribution in [0.25, 0.3) is 0 Å². The first-order valence-corrected chi connectivity index (χ1v) is 9.18. The molecule has 6 heteroatoms. The number of likely N-dealkylation sites (tertiary alicyclic amines) is 1. The third-order valence-electron chi connectivity index (χ3n) is 5.12. The number of aliphatic hydroxyl groups excluding tert-OH is 1. The summed E-state index contributed by atoms with van der Waals surface area (Å²) in [5.41, 5.74) is 2.30. The number of aliphatic hydroxyl groups is 1. The molecule has 6 nitrogen and oxygen atoms in total. The second kappa shape index (κ2) is 8.06. The molecule has 2 saturated heterocycles. The third kappa shape index (κ3) is 4.64. The van der Waals surface area contributed by atoms with E-state index in [1.54, 1.807) is 0 Å². The highest BCUT2D eigenvalue weighted by Crippen LogP contribution is 2.20. The Labute approximate surface area is 149 Å². The molecule has 1 atom stereocenters. The molecule has 3 rings (SSSR count). The molecular formula is C19H29N3O3. The lowest BCUT2D eigenvalue weighted by atomic mass is 10.0. The number of benzene rings is 1. The van der Waals surface area contributed by atoms with Gasteiger partial charge in [-0.25, -0.2) is 4.79 Å². The molecule has 1 aromatic carbocycles. The van der Waals surface area contributed by atoms with Crippen molar-refractivity contribution in [3.05, 3.63) is 29.3 Å². The van der Waals surface area contributed by atoms with Crippen LogP contribution >= 0.6 is 0 Å². The SMILES string of the molecule is Cc1ccc(OCC(O)CN2CCC(N3CCNC3=O)CC2)c(C)c1. The van der Waals surface area contributed by atoms with Crippen molar-refractivity contribution in [1.29, 1.82) is 0 Å². The minimum Gasteiger partial charge on any atom is -0.491 e. The van der Waals surface area contributed by atoms with Gasteiger partial charge in [0.05, 0.1) is 0 Å². The van der Waals surface area contributed by atoms with Crippen LogP contribution in [0.5, 0.6) is 5.75 Å². The average molecular weight is 347 g/mol. The Morgan fingerprint density at radius 3 is 2.68 bits per heavy atom. The highest BCUT2D eigenvalue weighted by atomic mass is 16.5. The van der Waals surface area contributed by atoms with Crippen molar-refractivity contribution in [1.82, 2.24) is 15.1 Å². The number of urea groups is 1. The zero-order chi connectivity index (χ0) is 17.8. The molecule has 2 amide bonds. The number of ether oxygens (including phenoxy) is 1. The number of β-amino-alcohol motifs (C(OH)–C–C–N with tert-alkyl or cyclic N) is 1. The lowest BCUT2D eigenvalue weighted by Crippen LogP contribution is -2.48. The first-order valence-electron chi connectivity index (χ1n) is 9.18. The van der Waals surface area contributed by atoms with E-state index in [1.165, 1.54) is 5.56 Å². The fourth-order valence-corrected chi connectivity index (χ4v) is 3.75. The molecule has 0 aromatic heterocycles. The van der Waals surface area contributed by atoms with E-state index in [1.807, 2.05) is 24.0 Å². The number of hydrogen-bond donors (Lipinski definition) is 2. The van der Waals surface area contributed by atoms with Crippen molar-refractivity contribution in [3.63, 3.8) is 0 Å². The van der Waals surface area contributed by atoms with Gasteiger partial charge >= 0.3 is 6.03 Å². The van der Waals surface area contributed by atoms with E-state index in [0.29, 0.717) is 19.2 Å². The van der Waals surface area contributed by atoms with Gasteiger partial charge in [-0.1, -0.05) is 17.7 Å². The molecule has 0 aliphatic carbocycles. The number of rotatable bonds is 6. The van der Waals surface area contributed by atoms with E-state index in [-0.39, 0.29) is 6.03 Å². The quantitative estimate of drug-likeness (QED) is 0.819. The summed E-state index contributed by atoms with van der Waals surface area (Å²) < 4.78 is 5.77. The Morgan fingerprint density at radius 1 is 1.28 bits per heavy atom. The molecule has 2 aliphatic rings. The zero-order valence-electron chi connectivity index (χ0n) is 15.2. The first-order chi connectivity index (χ1) is 12.0. The number of amides is 2. The Bertz CT molecular complexity index is 600. The van der Waals surface area contributed by atoms with Crippen molar-refractivity contribution in [2.75, 3.05) is 39.3 Å². The molecule has 0 saturated carbocycles. The summed E-state index contributed by atoms with van der Waals surface area (Å²) >= 11 is 0. The minimum absolute atomic E-state index is 0.0698. The molecule has 2 fully saturated rings. The lowest BCUT2D eigenvalue weighted by Gasteiger charge is -2.36. The molecular weight excluding hydrogens is 318 g/mol. The highest BCUT2D eigenvalue weighted by molar-refractivity contribution is 5.76. The van der Waals surface area contributed by atoms with Crippen molar-refractivity contribution in [3.8, 4) is 5.75 Å². The van der Waals surface area contributed by atoms with E-state index < -0.39 is 6.10 Å². The number of carbonyl (C=O) groups excluding carboxylic acids is 1. The van der Waals surface area contributed by atoms with Gasteiger partial charge in [-0.05, 0) is 38.3 Å². The third-order valence-corrected chi connectivity index (χ3v) is 5.12. The predicted octanol–water partition coefficient (Wildman–Crippen LogP) is 1.53. The number of hydrogen-bond acceptors (Lipinski definition) is 4. The minimum atomic E-state index is -0.507. The maximum atomic E-state index is 11.7. The first kappa shape index (κ1) is 18.0. The highest BCUT2D eigenvalue weighted by Gasteiger charge is 2.31. The Morgan fingerprint density at radius 2 is 2.04 bits per heavy atom. The molecule has 0 radical (unpaired) electrons. The normalized spacial score (nSPS) is 20.6. The second-order valence-corrected chi connectivity index (χ2v) is 7.19. The van der Waals surface area contributed by atoms with Gasteiger partial charge in [0, 0.05) is 38.8 Å². The van der Waals surface area contributed by atoms with Gasteiger partial charge in [-0.15, -0.1) is 0 Å². The number of nitrogens with zero attached hydrogens (tertiary/aromatic N) is 2. The van der Waals surface area contributed by atoms with Crippen LogP contribution in [0.15, 0.2) is 18.2 Å². The molecule has 138 valence electrons. The van der Waals surface area contributed by atoms with Crippen LogP contribution in [0.2, 0.25) is 0 Å². The molecule has 2 heterocycles. The topological polar surface area (TPSA) is 65.0 Å². The lowest BCUT2D eigenvalue weighted by molar-refractivity contribution is 0.0507. The number of piperidine rings is 1. The van der Waals surface area contributed by atoms with Crippen LogP contribution in [0.4, 0.5) is 4.79 Å². The largest absolute Gasteiger partial charge is 0.491 e. The van der Waals surface area contributed by atoms with Crippen molar-refractivity contribution < 1.29 is 14.6 Å². The predicted molar refractivity (Wildman–Crippen MR) is 97.0 cm³/mol. The van der Waals surface area contributed by atoms with Crippen LogP contribution in [-0.4, -0.2) is 72.4 Å². The van der Waals surface area contributed by atoms with Crippen LogP contribution < -0.4 is 10.1 Å². The molecule has 25 heavy (non-hydrogen) atoms. The number of nitrogens with one attached hydrogen (secondary N) is 1. The van der Waals surface area contributed by atoms with Gasteiger partial charge in [-0.2, -0.15) is 0 Å². The van der Waals surface area contributed by atoms with Gasteiger partial charge in [0.1, 0.15) is 18.5 Å². The Hall–Kier alpha value is -1.79. The van der Waals surface area contributed by atoms with Gasteiger partial charge in [0.2, 0.25) is 0 Å². The summed E-state index contributed by atoms with van der Waals surface area (Å²) in [7, 11) is 0. The molecule has 1 aromatic rings. The van der Waals surface area contributed by atoms with Gasteiger partial charge in [0.15, 0.2) is 0 Å². The summed E-state index contributed by atoms with van der Waals surface area (Å²) in [5.74, 6) is 0.836. The smallest absolute Gasteiger partial charge is 0.317 e. The van der Waals surface area contributed by atoms with Crippen LogP contribution in [0.3, 0.4) is 0 Å². The van der Waals surface area contributed by atoms with Gasteiger partial charge in [0.25, 0.3) is 0 Å². The van der Waals surface area contributed by atoms with Crippen LogP contribution in [0, 0.1) is 13.8 Å². The Kier molecular flexibility index (Phi) is 5.81.